The van der Waals surface area contributed by atoms with Crippen LogP contribution in [0.5, 0.6) is 11.5 Å². The van der Waals surface area contributed by atoms with Gasteiger partial charge in [0.05, 0.1) is 25.4 Å². The number of hydrogen-bond acceptors (Lipinski definition) is 3. The Kier molecular flexibility index (Phi) is 2.57. The van der Waals surface area contributed by atoms with Crippen LogP contribution in [0.1, 0.15) is 24.8 Å². The van der Waals surface area contributed by atoms with Gasteiger partial charge >= 0.3 is 0 Å². The van der Waals surface area contributed by atoms with Gasteiger partial charge in [0.15, 0.2) is 0 Å². The molecule has 0 saturated heterocycles. The van der Waals surface area contributed by atoms with E-state index in [4.69, 9.17) is 9.47 Å². The third-order valence-corrected chi connectivity index (χ3v) is 3.07. The highest BCUT2D eigenvalue weighted by Gasteiger charge is 2.40. The first-order valence-corrected chi connectivity index (χ1v) is 5.15. The molecule has 15 heavy (non-hydrogen) atoms. The van der Waals surface area contributed by atoms with Gasteiger partial charge in [-0.2, -0.15) is 0 Å². The molecule has 1 aromatic rings. The molecular weight excluding hydrogens is 192 g/mol. The third-order valence-electron chi connectivity index (χ3n) is 3.07. The van der Waals surface area contributed by atoms with E-state index in [0.29, 0.717) is 11.5 Å². The molecule has 3 nitrogen and oxygen atoms in total. The second kappa shape index (κ2) is 3.74. The minimum Gasteiger partial charge on any atom is -0.496 e. The number of benzene rings is 1. The van der Waals surface area contributed by atoms with Crippen LogP contribution in [0.15, 0.2) is 18.2 Å². The van der Waals surface area contributed by atoms with E-state index < -0.39 is 5.60 Å². The average molecular weight is 208 g/mol. The molecule has 1 saturated carbocycles. The molecule has 1 aromatic carbocycles. The Hall–Kier alpha value is -1.22. The Labute approximate surface area is 89.6 Å². The highest BCUT2D eigenvalue weighted by atomic mass is 16.5. The summed E-state index contributed by atoms with van der Waals surface area (Å²) in [6.07, 6.45) is 2.62. The van der Waals surface area contributed by atoms with Crippen LogP contribution in [0.25, 0.3) is 0 Å². The van der Waals surface area contributed by atoms with Crippen molar-refractivity contribution in [3.63, 3.8) is 0 Å². The molecule has 0 bridgehead atoms. The van der Waals surface area contributed by atoms with E-state index in [1.807, 2.05) is 18.2 Å². The van der Waals surface area contributed by atoms with Crippen molar-refractivity contribution in [3.8, 4) is 11.5 Å². The highest BCUT2D eigenvalue weighted by Crippen LogP contribution is 2.48. The first kappa shape index (κ1) is 10.3. The molecule has 82 valence electrons. The summed E-state index contributed by atoms with van der Waals surface area (Å²) in [6.45, 7) is 0. The summed E-state index contributed by atoms with van der Waals surface area (Å²) in [5.74, 6) is 1.41. The van der Waals surface area contributed by atoms with Crippen molar-refractivity contribution in [1.29, 1.82) is 0 Å². The fourth-order valence-corrected chi connectivity index (χ4v) is 2.07. The van der Waals surface area contributed by atoms with Gasteiger partial charge in [-0.3, -0.25) is 0 Å². The Morgan fingerprint density at radius 1 is 1.13 bits per heavy atom. The normalized spacial score (nSPS) is 18.1. The summed E-state index contributed by atoms with van der Waals surface area (Å²) in [7, 11) is 3.22. The van der Waals surface area contributed by atoms with Crippen LogP contribution in [0, 0.1) is 0 Å². The molecule has 0 atom stereocenters. The van der Waals surface area contributed by atoms with Crippen LogP contribution in [-0.2, 0) is 5.60 Å². The highest BCUT2D eigenvalue weighted by molar-refractivity contribution is 5.49. The van der Waals surface area contributed by atoms with Crippen molar-refractivity contribution in [2.24, 2.45) is 0 Å². The first-order chi connectivity index (χ1) is 7.21. The van der Waals surface area contributed by atoms with E-state index >= 15 is 0 Å². The van der Waals surface area contributed by atoms with Gasteiger partial charge in [0.1, 0.15) is 11.5 Å². The maximum absolute atomic E-state index is 10.3. The van der Waals surface area contributed by atoms with E-state index in [9.17, 15) is 5.11 Å². The molecule has 1 aliphatic carbocycles. The zero-order chi connectivity index (χ0) is 10.9. The van der Waals surface area contributed by atoms with Crippen LogP contribution in [-0.4, -0.2) is 19.3 Å². The Morgan fingerprint density at radius 3 is 2.00 bits per heavy atom. The molecule has 3 heteroatoms. The van der Waals surface area contributed by atoms with E-state index in [1.165, 1.54) is 0 Å². The van der Waals surface area contributed by atoms with Crippen LogP contribution < -0.4 is 9.47 Å². The average Bonchev–Trinajstić information content (AvgIpc) is 2.24. The molecular formula is C12H16O3. The molecule has 2 rings (SSSR count). The number of ether oxygens (including phenoxy) is 2. The number of aliphatic hydroxyl groups is 1. The topological polar surface area (TPSA) is 38.7 Å². The summed E-state index contributed by atoms with van der Waals surface area (Å²) in [6, 6.07) is 5.57. The lowest BCUT2D eigenvalue weighted by atomic mass is 9.74. The monoisotopic (exact) mass is 208 g/mol. The number of methoxy groups -OCH3 is 2. The van der Waals surface area contributed by atoms with Gasteiger partial charge in [0, 0.05) is 0 Å². The fraction of sp³-hybridized carbons (Fsp3) is 0.500. The van der Waals surface area contributed by atoms with Crippen molar-refractivity contribution < 1.29 is 14.6 Å². The van der Waals surface area contributed by atoms with Crippen LogP contribution in [0.4, 0.5) is 0 Å². The second-order valence-electron chi connectivity index (χ2n) is 3.92. The van der Waals surface area contributed by atoms with Crippen LogP contribution in [0.3, 0.4) is 0 Å². The minimum absolute atomic E-state index is 0.705. The molecule has 1 N–H and O–H groups in total. The first-order valence-electron chi connectivity index (χ1n) is 5.15. The van der Waals surface area contributed by atoms with Gasteiger partial charge in [0.25, 0.3) is 0 Å². The second-order valence-corrected chi connectivity index (χ2v) is 3.92. The quantitative estimate of drug-likeness (QED) is 0.826. The lowest BCUT2D eigenvalue weighted by Crippen LogP contribution is -2.34. The van der Waals surface area contributed by atoms with Gasteiger partial charge in [0.2, 0.25) is 0 Å². The Bertz CT molecular complexity index is 334. The summed E-state index contributed by atoms with van der Waals surface area (Å²) < 4.78 is 10.5. The van der Waals surface area contributed by atoms with E-state index in [-0.39, 0.29) is 0 Å². The lowest BCUT2D eigenvalue weighted by molar-refractivity contribution is -0.0421. The smallest absolute Gasteiger partial charge is 0.128 e. The minimum atomic E-state index is -0.752. The largest absolute Gasteiger partial charge is 0.496 e. The Morgan fingerprint density at radius 2 is 1.67 bits per heavy atom. The van der Waals surface area contributed by atoms with Gasteiger partial charge < -0.3 is 14.6 Å². The maximum Gasteiger partial charge on any atom is 0.128 e. The summed E-state index contributed by atoms with van der Waals surface area (Å²) >= 11 is 0. The lowest BCUT2D eigenvalue weighted by Gasteiger charge is -2.38. The molecule has 0 aliphatic heterocycles. The van der Waals surface area contributed by atoms with Gasteiger partial charge in [-0.1, -0.05) is 6.07 Å². The van der Waals surface area contributed by atoms with Crippen molar-refractivity contribution in [1.82, 2.24) is 0 Å². The molecule has 0 aromatic heterocycles. The zero-order valence-electron chi connectivity index (χ0n) is 9.12. The van der Waals surface area contributed by atoms with Gasteiger partial charge in [-0.25, -0.2) is 0 Å². The van der Waals surface area contributed by atoms with E-state index in [0.717, 1.165) is 24.8 Å². The standard InChI is InChI=1S/C12H16O3/c1-14-9-5-3-6-10(15-2)11(9)12(13)7-4-8-12/h3,5-6,13H,4,7-8H2,1-2H3. The van der Waals surface area contributed by atoms with E-state index in [1.54, 1.807) is 14.2 Å². The maximum atomic E-state index is 10.3. The fourth-order valence-electron chi connectivity index (χ4n) is 2.07. The molecule has 0 radical (unpaired) electrons. The summed E-state index contributed by atoms with van der Waals surface area (Å²) in [4.78, 5) is 0. The molecule has 1 aliphatic rings. The summed E-state index contributed by atoms with van der Waals surface area (Å²) in [5.41, 5.74) is 0.0408. The van der Waals surface area contributed by atoms with Crippen molar-refractivity contribution >= 4 is 0 Å². The number of rotatable bonds is 3. The van der Waals surface area contributed by atoms with Crippen molar-refractivity contribution in [3.05, 3.63) is 23.8 Å². The molecule has 0 spiro atoms. The third kappa shape index (κ3) is 1.57. The van der Waals surface area contributed by atoms with Crippen LogP contribution >= 0.6 is 0 Å². The molecule has 0 unspecified atom stereocenters. The van der Waals surface area contributed by atoms with Gasteiger partial charge in [-0.05, 0) is 31.4 Å². The van der Waals surface area contributed by atoms with Crippen molar-refractivity contribution in [2.75, 3.05) is 14.2 Å². The Balaban J connectivity index is 2.50. The van der Waals surface area contributed by atoms with Gasteiger partial charge in [-0.15, -0.1) is 0 Å². The zero-order valence-corrected chi connectivity index (χ0v) is 9.12. The molecule has 0 heterocycles. The SMILES string of the molecule is COc1cccc(OC)c1C1(O)CCC1. The molecule has 0 amide bonds. The predicted octanol–water partition coefficient (Wildman–Crippen LogP) is 2.08. The molecule has 1 fully saturated rings. The summed E-state index contributed by atoms with van der Waals surface area (Å²) in [5, 5.41) is 10.3. The number of hydrogen-bond donors (Lipinski definition) is 1. The van der Waals surface area contributed by atoms with Crippen LogP contribution in [0.2, 0.25) is 0 Å². The predicted molar refractivity (Wildman–Crippen MR) is 57.3 cm³/mol. The van der Waals surface area contributed by atoms with E-state index in [2.05, 4.69) is 0 Å². The van der Waals surface area contributed by atoms with Crippen molar-refractivity contribution in [2.45, 2.75) is 24.9 Å².